The van der Waals surface area contributed by atoms with Crippen molar-refractivity contribution in [3.05, 3.63) is 35.6 Å². The van der Waals surface area contributed by atoms with Crippen LogP contribution in [0.15, 0.2) is 24.3 Å². The quantitative estimate of drug-likeness (QED) is 0.785. The summed E-state index contributed by atoms with van der Waals surface area (Å²) in [6, 6.07) is 6.29. The van der Waals surface area contributed by atoms with E-state index < -0.39 is 6.10 Å². The van der Waals surface area contributed by atoms with Crippen molar-refractivity contribution < 1.29 is 14.3 Å². The molecule has 1 aromatic carbocycles. The molecule has 3 N–H and O–H groups in total. The Labute approximate surface area is 135 Å². The smallest absolute Gasteiger partial charge is 0.237 e. The van der Waals surface area contributed by atoms with Gasteiger partial charge in [-0.05, 0) is 37.0 Å². The van der Waals surface area contributed by atoms with Gasteiger partial charge in [-0.15, -0.1) is 12.4 Å². The number of halogens is 2. The molecule has 3 rings (SSSR count). The van der Waals surface area contributed by atoms with Crippen molar-refractivity contribution in [2.24, 2.45) is 0 Å². The van der Waals surface area contributed by atoms with Crippen LogP contribution in [0.3, 0.4) is 0 Å². The molecule has 2 fully saturated rings. The van der Waals surface area contributed by atoms with Crippen LogP contribution in [-0.4, -0.2) is 36.2 Å². The molecule has 4 nitrogen and oxygen atoms in total. The number of nitrogens with one attached hydrogen (secondary N) is 2. The lowest BCUT2D eigenvalue weighted by molar-refractivity contribution is -0.123. The minimum absolute atomic E-state index is 0. The summed E-state index contributed by atoms with van der Waals surface area (Å²) in [5.74, 6) is -0.290. The van der Waals surface area contributed by atoms with E-state index in [1.165, 1.54) is 12.1 Å². The van der Waals surface area contributed by atoms with Crippen molar-refractivity contribution in [3.8, 4) is 0 Å². The van der Waals surface area contributed by atoms with Crippen LogP contribution < -0.4 is 10.6 Å². The van der Waals surface area contributed by atoms with Crippen LogP contribution in [0.2, 0.25) is 0 Å². The molecule has 22 heavy (non-hydrogen) atoms. The molecule has 1 aliphatic carbocycles. The van der Waals surface area contributed by atoms with Crippen molar-refractivity contribution in [1.29, 1.82) is 0 Å². The average Bonchev–Trinajstić information content (AvgIpc) is 2.86. The fraction of sp³-hybridized carbons (Fsp3) is 0.562. The summed E-state index contributed by atoms with van der Waals surface area (Å²) in [6.07, 6.45) is 3.19. The maximum absolute atomic E-state index is 13.1. The topological polar surface area (TPSA) is 61.4 Å². The van der Waals surface area contributed by atoms with E-state index in [-0.39, 0.29) is 35.6 Å². The second-order valence-electron chi connectivity index (χ2n) is 6.21. The number of hydrogen-bond donors (Lipinski definition) is 3. The molecule has 1 heterocycles. The maximum Gasteiger partial charge on any atom is 0.237 e. The lowest BCUT2D eigenvalue weighted by atomic mass is 9.64. The van der Waals surface area contributed by atoms with Gasteiger partial charge in [0.05, 0.1) is 12.1 Å². The number of benzene rings is 1. The Morgan fingerprint density at radius 1 is 1.36 bits per heavy atom. The van der Waals surface area contributed by atoms with E-state index in [0.29, 0.717) is 19.5 Å². The van der Waals surface area contributed by atoms with Gasteiger partial charge in [-0.3, -0.25) is 4.79 Å². The van der Waals surface area contributed by atoms with E-state index in [4.69, 9.17) is 0 Å². The van der Waals surface area contributed by atoms with E-state index in [2.05, 4.69) is 10.6 Å². The summed E-state index contributed by atoms with van der Waals surface area (Å²) in [7, 11) is 0. The van der Waals surface area contributed by atoms with E-state index in [1.54, 1.807) is 0 Å². The minimum atomic E-state index is -0.435. The van der Waals surface area contributed by atoms with Gasteiger partial charge in [-0.2, -0.15) is 0 Å². The molecule has 6 heteroatoms. The van der Waals surface area contributed by atoms with Crippen molar-refractivity contribution in [3.63, 3.8) is 0 Å². The van der Waals surface area contributed by atoms with Crippen LogP contribution in [0.1, 0.15) is 31.2 Å². The summed E-state index contributed by atoms with van der Waals surface area (Å²) in [4.78, 5) is 12.1. The minimum Gasteiger partial charge on any atom is -0.392 e. The Morgan fingerprint density at radius 3 is 2.55 bits per heavy atom. The third-order valence-corrected chi connectivity index (χ3v) is 4.79. The first kappa shape index (κ1) is 17.2. The van der Waals surface area contributed by atoms with Gasteiger partial charge < -0.3 is 15.7 Å². The first-order valence-electron chi connectivity index (χ1n) is 7.54. The van der Waals surface area contributed by atoms with Crippen molar-refractivity contribution >= 4 is 18.3 Å². The number of rotatable bonds is 4. The molecule has 122 valence electrons. The fourth-order valence-electron chi connectivity index (χ4n) is 3.27. The second-order valence-corrected chi connectivity index (χ2v) is 6.21. The standard InChI is InChI=1S/C16H21FN2O2.ClH/c17-12-4-2-11(3-5-12)16(6-1-7-16)10-19-15(21)14-8-13(20)9-18-14;/h2-5,13-14,18,20H,1,6-10H2,(H,19,21);1H. The number of β-amino-alcohol motifs (C(OH)–C–C–N with tert-alkyl or cyclic N) is 1. The predicted octanol–water partition coefficient (Wildman–Crippen LogP) is 1.51. The molecule has 1 amide bonds. The van der Waals surface area contributed by atoms with Crippen LogP contribution in [0.4, 0.5) is 4.39 Å². The molecule has 1 saturated carbocycles. The monoisotopic (exact) mass is 328 g/mol. The number of amides is 1. The zero-order chi connectivity index (χ0) is 14.9. The van der Waals surface area contributed by atoms with Crippen molar-refractivity contribution in [2.75, 3.05) is 13.1 Å². The Kier molecular flexibility index (Phi) is 5.42. The highest BCUT2D eigenvalue weighted by atomic mass is 35.5. The van der Waals surface area contributed by atoms with Gasteiger partial charge in [0.2, 0.25) is 5.91 Å². The van der Waals surface area contributed by atoms with Gasteiger partial charge in [0.25, 0.3) is 0 Å². The van der Waals surface area contributed by atoms with Crippen molar-refractivity contribution in [2.45, 2.75) is 43.2 Å². The van der Waals surface area contributed by atoms with E-state index in [0.717, 1.165) is 24.8 Å². The number of carbonyl (C=O) groups is 1. The molecule has 1 aliphatic heterocycles. The second kappa shape index (κ2) is 6.94. The molecule has 2 aliphatic rings. The summed E-state index contributed by atoms with van der Waals surface area (Å²) < 4.78 is 13.1. The van der Waals surface area contributed by atoms with Gasteiger partial charge in [-0.1, -0.05) is 18.6 Å². The van der Waals surface area contributed by atoms with Gasteiger partial charge in [0, 0.05) is 18.5 Å². The maximum atomic E-state index is 13.1. The van der Waals surface area contributed by atoms with Crippen LogP contribution in [0, 0.1) is 5.82 Å². The molecule has 2 atom stereocenters. The summed E-state index contributed by atoms with van der Waals surface area (Å²) in [5, 5.41) is 15.5. The average molecular weight is 329 g/mol. The fourth-order valence-corrected chi connectivity index (χ4v) is 3.27. The van der Waals surface area contributed by atoms with Crippen LogP contribution in [0.5, 0.6) is 0 Å². The zero-order valence-electron chi connectivity index (χ0n) is 12.3. The zero-order valence-corrected chi connectivity index (χ0v) is 13.2. The third kappa shape index (κ3) is 3.42. The lowest BCUT2D eigenvalue weighted by Crippen LogP contribution is -2.49. The SMILES string of the molecule is Cl.O=C(NCC1(c2ccc(F)cc2)CCC1)C1CC(O)CN1. The van der Waals surface area contributed by atoms with E-state index >= 15 is 0 Å². The first-order chi connectivity index (χ1) is 10.1. The highest BCUT2D eigenvalue weighted by molar-refractivity contribution is 5.85. The van der Waals surface area contributed by atoms with E-state index in [1.807, 2.05) is 12.1 Å². The lowest BCUT2D eigenvalue weighted by Gasteiger charge is -2.42. The number of carbonyl (C=O) groups excluding carboxylic acids is 1. The summed E-state index contributed by atoms with van der Waals surface area (Å²) >= 11 is 0. The normalized spacial score (nSPS) is 25.9. The third-order valence-electron chi connectivity index (χ3n) is 4.79. The molecule has 1 saturated heterocycles. The van der Waals surface area contributed by atoms with Gasteiger partial charge in [0.1, 0.15) is 5.82 Å². The van der Waals surface area contributed by atoms with Crippen LogP contribution in [0.25, 0.3) is 0 Å². The van der Waals surface area contributed by atoms with Crippen LogP contribution >= 0.6 is 12.4 Å². The Balaban J connectivity index is 0.00000176. The van der Waals surface area contributed by atoms with Gasteiger partial charge in [0.15, 0.2) is 0 Å². The predicted molar refractivity (Wildman–Crippen MR) is 84.6 cm³/mol. The van der Waals surface area contributed by atoms with Gasteiger partial charge >= 0.3 is 0 Å². The largest absolute Gasteiger partial charge is 0.392 e. The Hall–Kier alpha value is -1.17. The highest BCUT2D eigenvalue weighted by Gasteiger charge is 2.39. The molecule has 0 radical (unpaired) electrons. The molecule has 0 aromatic heterocycles. The molecule has 0 spiro atoms. The molecular formula is C16H22ClFN2O2. The number of aliphatic hydroxyl groups is 1. The molecule has 2 unspecified atom stereocenters. The Bertz CT molecular complexity index is 519. The molecule has 1 aromatic rings. The van der Waals surface area contributed by atoms with E-state index in [9.17, 15) is 14.3 Å². The molecule has 0 bridgehead atoms. The Morgan fingerprint density at radius 2 is 2.05 bits per heavy atom. The summed E-state index contributed by atoms with van der Waals surface area (Å²) in [6.45, 7) is 1.05. The summed E-state index contributed by atoms with van der Waals surface area (Å²) in [5.41, 5.74) is 1.04. The van der Waals surface area contributed by atoms with Gasteiger partial charge in [-0.25, -0.2) is 4.39 Å². The number of hydrogen-bond acceptors (Lipinski definition) is 3. The number of aliphatic hydroxyl groups excluding tert-OH is 1. The van der Waals surface area contributed by atoms with Crippen molar-refractivity contribution in [1.82, 2.24) is 10.6 Å². The van der Waals surface area contributed by atoms with Crippen LogP contribution in [-0.2, 0) is 10.2 Å². The molecular weight excluding hydrogens is 307 g/mol. The highest BCUT2D eigenvalue weighted by Crippen LogP contribution is 2.43. The first-order valence-corrected chi connectivity index (χ1v) is 7.54.